The highest BCUT2D eigenvalue weighted by Crippen LogP contribution is 2.30. The molecule has 37 heavy (non-hydrogen) atoms. The molecule has 2 rings (SSSR count). The fraction of sp³-hybridized carbons (Fsp3) is 0.677. The van der Waals surface area contributed by atoms with E-state index in [9.17, 15) is 0 Å². The standard InChI is InChI=1S/C31H52N4O2/c1-3-5-7-9-11-13-15-17-21-36-28-20-19-26(23-27-25-34-31(33)35-30(27)32)24-29(28)37-22-18-16-14-12-10-8-6-4-2/h19-20,24-25H,3-18,21-23H2,1-2H3,(H4,32,33,34,35). The van der Waals surface area contributed by atoms with Crippen LogP contribution in [0.15, 0.2) is 24.4 Å². The number of hydrogen-bond donors (Lipinski definition) is 2. The fourth-order valence-electron chi connectivity index (χ4n) is 4.52. The maximum Gasteiger partial charge on any atom is 0.221 e. The zero-order chi connectivity index (χ0) is 26.6. The van der Waals surface area contributed by atoms with Crippen molar-refractivity contribution in [3.8, 4) is 11.5 Å². The van der Waals surface area contributed by atoms with E-state index in [1.165, 1.54) is 89.9 Å². The van der Waals surface area contributed by atoms with Gasteiger partial charge in [-0.2, -0.15) is 4.98 Å². The molecule has 0 aliphatic rings. The van der Waals surface area contributed by atoms with Crippen LogP contribution in [0.5, 0.6) is 11.5 Å². The lowest BCUT2D eigenvalue weighted by Gasteiger charge is -2.15. The summed E-state index contributed by atoms with van der Waals surface area (Å²) in [6.45, 7) is 5.96. The van der Waals surface area contributed by atoms with Crippen molar-refractivity contribution >= 4 is 11.8 Å². The Balaban J connectivity index is 1.85. The highest BCUT2D eigenvalue weighted by Gasteiger charge is 2.10. The van der Waals surface area contributed by atoms with E-state index >= 15 is 0 Å². The van der Waals surface area contributed by atoms with Gasteiger partial charge in [0, 0.05) is 18.2 Å². The van der Waals surface area contributed by atoms with E-state index in [-0.39, 0.29) is 5.95 Å². The van der Waals surface area contributed by atoms with Gasteiger partial charge in [-0.05, 0) is 30.5 Å². The van der Waals surface area contributed by atoms with Crippen LogP contribution in [0.3, 0.4) is 0 Å². The van der Waals surface area contributed by atoms with Crippen LogP contribution in [0.4, 0.5) is 11.8 Å². The molecule has 0 atom stereocenters. The number of unbranched alkanes of at least 4 members (excludes halogenated alkanes) is 14. The van der Waals surface area contributed by atoms with Gasteiger partial charge in [0.25, 0.3) is 0 Å². The summed E-state index contributed by atoms with van der Waals surface area (Å²) in [7, 11) is 0. The van der Waals surface area contributed by atoms with Crippen molar-refractivity contribution in [3.05, 3.63) is 35.5 Å². The summed E-state index contributed by atoms with van der Waals surface area (Å²) in [6, 6.07) is 6.17. The summed E-state index contributed by atoms with van der Waals surface area (Å²) in [5.74, 6) is 2.26. The zero-order valence-electron chi connectivity index (χ0n) is 23.6. The van der Waals surface area contributed by atoms with Gasteiger partial charge in [-0.3, -0.25) is 0 Å². The van der Waals surface area contributed by atoms with Crippen LogP contribution in [0.25, 0.3) is 0 Å². The first-order chi connectivity index (χ1) is 18.1. The average molecular weight is 513 g/mol. The zero-order valence-corrected chi connectivity index (χ0v) is 23.6. The van der Waals surface area contributed by atoms with Gasteiger partial charge in [-0.1, -0.05) is 110 Å². The lowest BCUT2D eigenvalue weighted by molar-refractivity contribution is 0.258. The summed E-state index contributed by atoms with van der Waals surface area (Å²) in [6.07, 6.45) is 22.9. The average Bonchev–Trinajstić information content (AvgIpc) is 2.89. The summed E-state index contributed by atoms with van der Waals surface area (Å²) in [5.41, 5.74) is 13.7. The van der Waals surface area contributed by atoms with Gasteiger partial charge in [0.15, 0.2) is 11.5 Å². The molecule has 0 spiro atoms. The topological polar surface area (TPSA) is 96.3 Å². The molecule has 0 aliphatic carbocycles. The Bertz CT molecular complexity index is 859. The van der Waals surface area contributed by atoms with Crippen LogP contribution in [0, 0.1) is 0 Å². The number of hydrogen-bond acceptors (Lipinski definition) is 6. The largest absolute Gasteiger partial charge is 0.490 e. The van der Waals surface area contributed by atoms with Gasteiger partial charge in [0.2, 0.25) is 5.95 Å². The molecule has 4 N–H and O–H groups in total. The molecule has 0 saturated carbocycles. The van der Waals surface area contributed by atoms with E-state index in [0.717, 1.165) is 42.1 Å². The van der Waals surface area contributed by atoms with Crippen molar-refractivity contribution in [2.75, 3.05) is 24.7 Å². The Morgan fingerprint density at radius 3 is 1.70 bits per heavy atom. The van der Waals surface area contributed by atoms with Crippen molar-refractivity contribution < 1.29 is 9.47 Å². The number of benzene rings is 1. The fourth-order valence-corrected chi connectivity index (χ4v) is 4.52. The lowest BCUT2D eigenvalue weighted by atomic mass is 10.1. The normalized spacial score (nSPS) is 11.1. The Morgan fingerprint density at radius 1 is 0.649 bits per heavy atom. The quantitative estimate of drug-likeness (QED) is 0.154. The number of anilines is 2. The Kier molecular flexibility index (Phi) is 16.3. The van der Waals surface area contributed by atoms with Gasteiger partial charge in [-0.25, -0.2) is 4.98 Å². The highest BCUT2D eigenvalue weighted by molar-refractivity contribution is 5.48. The van der Waals surface area contributed by atoms with E-state index in [2.05, 4.69) is 35.9 Å². The van der Waals surface area contributed by atoms with Crippen molar-refractivity contribution in [2.45, 2.75) is 123 Å². The Labute approximate surface area is 225 Å². The highest BCUT2D eigenvalue weighted by atomic mass is 16.5. The number of nitrogens with zero attached hydrogens (tertiary/aromatic N) is 2. The predicted molar refractivity (Wildman–Crippen MR) is 156 cm³/mol. The molecule has 1 aromatic heterocycles. The van der Waals surface area contributed by atoms with Gasteiger partial charge < -0.3 is 20.9 Å². The van der Waals surface area contributed by atoms with Crippen LogP contribution < -0.4 is 20.9 Å². The summed E-state index contributed by atoms with van der Waals surface area (Å²) in [4.78, 5) is 8.18. The third-order valence-corrected chi connectivity index (χ3v) is 6.83. The molecule has 6 heteroatoms. The van der Waals surface area contributed by atoms with Crippen molar-refractivity contribution in [1.82, 2.24) is 9.97 Å². The maximum absolute atomic E-state index is 6.24. The third kappa shape index (κ3) is 13.6. The smallest absolute Gasteiger partial charge is 0.221 e. The summed E-state index contributed by atoms with van der Waals surface area (Å²) in [5, 5.41) is 0. The SMILES string of the molecule is CCCCCCCCCCOc1ccc(Cc2cnc(N)nc2N)cc1OCCCCCCCCCC. The molecule has 2 aromatic rings. The Hall–Kier alpha value is -2.50. The van der Waals surface area contributed by atoms with Gasteiger partial charge in [-0.15, -0.1) is 0 Å². The lowest BCUT2D eigenvalue weighted by Crippen LogP contribution is -2.05. The summed E-state index contributed by atoms with van der Waals surface area (Å²) >= 11 is 0. The minimum Gasteiger partial charge on any atom is -0.490 e. The van der Waals surface area contributed by atoms with Crippen LogP contribution in [-0.4, -0.2) is 23.2 Å². The van der Waals surface area contributed by atoms with Crippen LogP contribution in [-0.2, 0) is 6.42 Å². The molecular weight excluding hydrogens is 460 g/mol. The van der Waals surface area contributed by atoms with Crippen LogP contribution in [0.2, 0.25) is 0 Å². The molecule has 6 nitrogen and oxygen atoms in total. The molecule has 0 amide bonds. The van der Waals surface area contributed by atoms with Gasteiger partial charge in [0.05, 0.1) is 13.2 Å². The van der Waals surface area contributed by atoms with Gasteiger partial charge in [0.1, 0.15) is 5.82 Å². The van der Waals surface area contributed by atoms with E-state index < -0.39 is 0 Å². The van der Waals surface area contributed by atoms with Crippen molar-refractivity contribution in [1.29, 1.82) is 0 Å². The second-order valence-electron chi connectivity index (χ2n) is 10.2. The molecule has 0 unspecified atom stereocenters. The number of ether oxygens (including phenoxy) is 2. The van der Waals surface area contributed by atoms with E-state index in [0.29, 0.717) is 18.8 Å². The molecule has 0 aliphatic heterocycles. The molecular formula is C31H52N4O2. The molecule has 0 radical (unpaired) electrons. The molecule has 208 valence electrons. The molecule has 0 bridgehead atoms. The minimum atomic E-state index is 0.195. The first-order valence-corrected chi connectivity index (χ1v) is 14.9. The van der Waals surface area contributed by atoms with Crippen LogP contribution >= 0.6 is 0 Å². The summed E-state index contributed by atoms with van der Waals surface area (Å²) < 4.78 is 12.4. The van der Waals surface area contributed by atoms with Crippen LogP contribution in [0.1, 0.15) is 128 Å². The third-order valence-electron chi connectivity index (χ3n) is 6.83. The Morgan fingerprint density at radius 2 is 1.16 bits per heavy atom. The molecule has 0 saturated heterocycles. The number of nitrogen functional groups attached to an aromatic ring is 2. The number of aromatic nitrogens is 2. The first kappa shape index (κ1) is 30.7. The minimum absolute atomic E-state index is 0.195. The monoisotopic (exact) mass is 512 g/mol. The predicted octanol–water partition coefficient (Wildman–Crippen LogP) is 8.27. The van der Waals surface area contributed by atoms with Gasteiger partial charge >= 0.3 is 0 Å². The second kappa shape index (κ2) is 19.6. The molecule has 1 aromatic carbocycles. The number of nitrogens with two attached hydrogens (primary N) is 2. The number of rotatable bonds is 22. The second-order valence-corrected chi connectivity index (χ2v) is 10.2. The van der Waals surface area contributed by atoms with Crippen molar-refractivity contribution in [2.24, 2.45) is 0 Å². The molecule has 1 heterocycles. The molecule has 0 fully saturated rings. The van der Waals surface area contributed by atoms with E-state index in [1.54, 1.807) is 6.20 Å². The van der Waals surface area contributed by atoms with E-state index in [1.807, 2.05) is 6.07 Å². The van der Waals surface area contributed by atoms with Crippen molar-refractivity contribution in [3.63, 3.8) is 0 Å². The maximum atomic E-state index is 6.24. The first-order valence-electron chi connectivity index (χ1n) is 14.9. The van der Waals surface area contributed by atoms with E-state index in [4.69, 9.17) is 20.9 Å².